The molecule has 2 N–H and O–H groups in total. The molecule has 8 heteroatoms. The summed E-state index contributed by atoms with van der Waals surface area (Å²) in [5, 5.41) is 11.8. The normalized spacial score (nSPS) is 10.2. The number of amides is 1. The Morgan fingerprint density at radius 1 is 1.22 bits per heavy atom. The van der Waals surface area contributed by atoms with Gasteiger partial charge < -0.3 is 15.2 Å². The van der Waals surface area contributed by atoms with E-state index in [0.717, 1.165) is 6.20 Å². The first-order chi connectivity index (χ1) is 10.9. The minimum atomic E-state index is -1.10. The Morgan fingerprint density at radius 2 is 1.87 bits per heavy atom. The number of carbonyl (C=O) groups excluding carboxylic acids is 1. The zero-order chi connectivity index (χ0) is 17.0. The number of aromatic nitrogens is 1. The van der Waals surface area contributed by atoms with Gasteiger partial charge in [-0.05, 0) is 31.2 Å². The topological polar surface area (TPSA) is 88.5 Å². The number of hydrogen-bond acceptors (Lipinski definition) is 4. The number of hydrogen-bond donors (Lipinski definition) is 2. The van der Waals surface area contributed by atoms with Gasteiger partial charge in [0.2, 0.25) is 0 Å². The Labute approximate surface area is 142 Å². The van der Waals surface area contributed by atoms with E-state index < -0.39 is 11.9 Å². The molecule has 1 aromatic carbocycles. The molecule has 0 bridgehead atoms. The zero-order valence-electron chi connectivity index (χ0n) is 12.0. The highest BCUT2D eigenvalue weighted by Gasteiger charge is 2.14. The maximum absolute atomic E-state index is 12.2. The van der Waals surface area contributed by atoms with Crippen molar-refractivity contribution in [3.8, 4) is 5.75 Å². The minimum absolute atomic E-state index is 0.0233. The third kappa shape index (κ3) is 4.12. The lowest BCUT2D eigenvalue weighted by molar-refractivity contribution is 0.0696. The Balaban J connectivity index is 2.19. The maximum Gasteiger partial charge on any atom is 0.337 e. The van der Waals surface area contributed by atoms with Crippen molar-refractivity contribution in [2.45, 2.75) is 6.92 Å². The monoisotopic (exact) mass is 354 g/mol. The SMILES string of the molecule is CCOc1c(Cl)cc(C(=O)Nc2ccc(C(=O)O)cn2)cc1Cl. The largest absolute Gasteiger partial charge is 0.491 e. The minimum Gasteiger partial charge on any atom is -0.491 e. The average molecular weight is 355 g/mol. The molecule has 0 aliphatic rings. The summed E-state index contributed by atoms with van der Waals surface area (Å²) in [6, 6.07) is 5.58. The second kappa shape index (κ2) is 7.30. The number of carbonyl (C=O) groups is 2. The summed E-state index contributed by atoms with van der Waals surface area (Å²) in [4.78, 5) is 26.8. The number of nitrogens with one attached hydrogen (secondary N) is 1. The summed E-state index contributed by atoms with van der Waals surface area (Å²) in [6.45, 7) is 2.19. The molecule has 6 nitrogen and oxygen atoms in total. The second-order valence-corrected chi connectivity index (χ2v) is 5.21. The third-order valence-corrected chi connectivity index (χ3v) is 3.36. The third-order valence-electron chi connectivity index (χ3n) is 2.80. The first-order valence-electron chi connectivity index (χ1n) is 6.55. The molecule has 0 aliphatic heterocycles. The van der Waals surface area contributed by atoms with Gasteiger partial charge in [0, 0.05) is 11.8 Å². The van der Waals surface area contributed by atoms with Crippen molar-refractivity contribution in [3.63, 3.8) is 0 Å². The molecule has 2 aromatic rings. The summed E-state index contributed by atoms with van der Waals surface area (Å²) in [6.07, 6.45) is 1.15. The van der Waals surface area contributed by atoms with Crippen molar-refractivity contribution in [3.05, 3.63) is 51.6 Å². The van der Waals surface area contributed by atoms with Crippen LogP contribution in [0.5, 0.6) is 5.75 Å². The van der Waals surface area contributed by atoms with Crippen LogP contribution < -0.4 is 10.1 Å². The quantitative estimate of drug-likeness (QED) is 0.853. The van der Waals surface area contributed by atoms with E-state index in [1.54, 1.807) is 6.92 Å². The Bertz CT molecular complexity index is 725. The van der Waals surface area contributed by atoms with Crippen LogP contribution >= 0.6 is 23.2 Å². The number of carboxylic acids is 1. The number of pyridine rings is 1. The maximum atomic E-state index is 12.2. The van der Waals surface area contributed by atoms with E-state index in [0.29, 0.717) is 12.4 Å². The summed E-state index contributed by atoms with van der Waals surface area (Å²) in [5.41, 5.74) is 0.253. The molecule has 23 heavy (non-hydrogen) atoms. The number of nitrogens with zero attached hydrogens (tertiary/aromatic N) is 1. The van der Waals surface area contributed by atoms with Crippen LogP contribution in [0.1, 0.15) is 27.6 Å². The molecule has 0 saturated carbocycles. The lowest BCUT2D eigenvalue weighted by atomic mass is 10.2. The van der Waals surface area contributed by atoms with E-state index in [1.165, 1.54) is 24.3 Å². The number of halogens is 2. The van der Waals surface area contributed by atoms with Crippen LogP contribution in [0.25, 0.3) is 0 Å². The molecule has 0 fully saturated rings. The van der Waals surface area contributed by atoms with E-state index in [4.69, 9.17) is 33.0 Å². The van der Waals surface area contributed by atoms with Crippen LogP contribution in [0.2, 0.25) is 10.0 Å². The predicted octanol–water partition coefficient (Wildman–Crippen LogP) is 3.74. The van der Waals surface area contributed by atoms with Gasteiger partial charge in [0.15, 0.2) is 5.75 Å². The van der Waals surface area contributed by atoms with Gasteiger partial charge in [-0.15, -0.1) is 0 Å². The Hall–Kier alpha value is -2.31. The van der Waals surface area contributed by atoms with E-state index in [-0.39, 0.29) is 27.0 Å². The number of rotatable bonds is 5. The van der Waals surface area contributed by atoms with Crippen LogP contribution in [0.15, 0.2) is 30.5 Å². The van der Waals surface area contributed by atoms with Crippen LogP contribution in [-0.2, 0) is 0 Å². The summed E-state index contributed by atoms with van der Waals surface area (Å²) in [7, 11) is 0. The van der Waals surface area contributed by atoms with Gasteiger partial charge in [-0.2, -0.15) is 0 Å². The molecule has 0 saturated heterocycles. The molecule has 120 valence electrons. The standard InChI is InChI=1S/C15H12Cl2N2O4/c1-2-23-13-10(16)5-9(6-11(13)17)14(20)19-12-4-3-8(7-18-12)15(21)22/h3-7H,2H2,1H3,(H,21,22)(H,18,19,20). The summed E-state index contributed by atoms with van der Waals surface area (Å²) >= 11 is 12.1. The molecule has 0 radical (unpaired) electrons. The van der Waals surface area contributed by atoms with Crippen LogP contribution in [0, 0.1) is 0 Å². The van der Waals surface area contributed by atoms with Crippen molar-refractivity contribution in [1.82, 2.24) is 4.98 Å². The highest BCUT2D eigenvalue weighted by atomic mass is 35.5. The van der Waals surface area contributed by atoms with Crippen molar-refractivity contribution in [1.29, 1.82) is 0 Å². The fraction of sp³-hybridized carbons (Fsp3) is 0.133. The zero-order valence-corrected chi connectivity index (χ0v) is 13.5. The van der Waals surface area contributed by atoms with Crippen molar-refractivity contribution < 1.29 is 19.4 Å². The molecule has 0 unspecified atom stereocenters. The number of anilines is 1. The molecule has 1 aromatic heterocycles. The van der Waals surface area contributed by atoms with Gasteiger partial charge in [-0.3, -0.25) is 4.79 Å². The van der Waals surface area contributed by atoms with Crippen LogP contribution in [0.3, 0.4) is 0 Å². The first-order valence-corrected chi connectivity index (χ1v) is 7.30. The van der Waals surface area contributed by atoms with E-state index in [9.17, 15) is 9.59 Å². The number of ether oxygens (including phenoxy) is 1. The van der Waals surface area contributed by atoms with E-state index in [2.05, 4.69) is 10.3 Å². The van der Waals surface area contributed by atoms with E-state index >= 15 is 0 Å². The molecule has 0 atom stereocenters. The molecule has 2 rings (SSSR count). The number of benzene rings is 1. The Kier molecular flexibility index (Phi) is 5.41. The molecule has 0 aliphatic carbocycles. The fourth-order valence-corrected chi connectivity index (χ4v) is 2.35. The van der Waals surface area contributed by atoms with Crippen molar-refractivity contribution in [2.24, 2.45) is 0 Å². The van der Waals surface area contributed by atoms with Gasteiger partial charge in [0.1, 0.15) is 5.82 Å². The molecule has 0 spiro atoms. The molecule has 1 amide bonds. The fourth-order valence-electron chi connectivity index (χ4n) is 1.76. The lowest BCUT2D eigenvalue weighted by Crippen LogP contribution is -2.13. The first kappa shape index (κ1) is 17.1. The molecular weight excluding hydrogens is 343 g/mol. The summed E-state index contributed by atoms with van der Waals surface area (Å²) in [5.74, 6) is -1.05. The average Bonchev–Trinajstić information content (AvgIpc) is 2.51. The molecule has 1 heterocycles. The van der Waals surface area contributed by atoms with Gasteiger partial charge in [0.25, 0.3) is 5.91 Å². The number of aromatic carboxylic acids is 1. The van der Waals surface area contributed by atoms with E-state index in [1.807, 2.05) is 0 Å². The van der Waals surface area contributed by atoms with Gasteiger partial charge >= 0.3 is 5.97 Å². The molecular formula is C15H12Cl2N2O4. The van der Waals surface area contributed by atoms with Gasteiger partial charge in [0.05, 0.1) is 22.2 Å². The lowest BCUT2D eigenvalue weighted by Gasteiger charge is -2.10. The predicted molar refractivity (Wildman–Crippen MR) is 86.8 cm³/mol. The Morgan fingerprint density at radius 3 is 2.35 bits per heavy atom. The summed E-state index contributed by atoms with van der Waals surface area (Å²) < 4.78 is 5.29. The van der Waals surface area contributed by atoms with Crippen molar-refractivity contribution in [2.75, 3.05) is 11.9 Å². The van der Waals surface area contributed by atoms with Crippen molar-refractivity contribution >= 4 is 40.9 Å². The highest BCUT2D eigenvalue weighted by molar-refractivity contribution is 6.37. The smallest absolute Gasteiger partial charge is 0.337 e. The number of carboxylic acid groups (broad SMARTS) is 1. The van der Waals surface area contributed by atoms with Crippen LogP contribution in [-0.4, -0.2) is 28.6 Å². The van der Waals surface area contributed by atoms with Gasteiger partial charge in [-0.1, -0.05) is 23.2 Å². The highest BCUT2D eigenvalue weighted by Crippen LogP contribution is 2.34. The van der Waals surface area contributed by atoms with Gasteiger partial charge in [-0.25, -0.2) is 9.78 Å². The van der Waals surface area contributed by atoms with Crippen LogP contribution in [0.4, 0.5) is 5.82 Å². The second-order valence-electron chi connectivity index (χ2n) is 4.39.